The molecule has 1 aliphatic carbocycles. The van der Waals surface area contributed by atoms with Crippen molar-refractivity contribution in [2.45, 2.75) is 58.4 Å². The lowest BCUT2D eigenvalue weighted by molar-refractivity contribution is 0.193. The normalized spacial score (nSPS) is 22.9. The zero-order valence-electron chi connectivity index (χ0n) is 12.4. The molecule has 3 heteroatoms. The second kappa shape index (κ2) is 5.28. The summed E-state index contributed by atoms with van der Waals surface area (Å²) in [5.41, 5.74) is 2.00. The van der Waals surface area contributed by atoms with Gasteiger partial charge in [0.25, 0.3) is 0 Å². The van der Waals surface area contributed by atoms with Crippen molar-refractivity contribution in [3.63, 3.8) is 0 Å². The first kappa shape index (κ1) is 13.2. The van der Waals surface area contributed by atoms with Crippen molar-refractivity contribution < 1.29 is 0 Å². The number of nitrogens with one attached hydrogen (secondary N) is 1. The molecule has 0 atom stereocenters. The fraction of sp³-hybridized carbons (Fsp3) is 0.812. The van der Waals surface area contributed by atoms with E-state index < -0.39 is 0 Å². The molecule has 0 spiro atoms. The van der Waals surface area contributed by atoms with Crippen LogP contribution in [0, 0.1) is 11.3 Å². The van der Waals surface area contributed by atoms with E-state index in [1.165, 1.54) is 44.3 Å². The van der Waals surface area contributed by atoms with Gasteiger partial charge in [-0.2, -0.15) is 0 Å². The molecule has 0 radical (unpaired) electrons. The van der Waals surface area contributed by atoms with E-state index in [9.17, 15) is 0 Å². The summed E-state index contributed by atoms with van der Waals surface area (Å²) in [5, 5.41) is 3.37. The third-order valence-electron chi connectivity index (χ3n) is 4.96. The molecule has 3 rings (SSSR count). The summed E-state index contributed by atoms with van der Waals surface area (Å²) in [7, 11) is 0. The quantitative estimate of drug-likeness (QED) is 0.882. The van der Waals surface area contributed by atoms with E-state index in [0.717, 1.165) is 19.0 Å². The van der Waals surface area contributed by atoms with Gasteiger partial charge in [0.2, 0.25) is 0 Å². The highest BCUT2D eigenvalue weighted by Gasteiger charge is 2.35. The van der Waals surface area contributed by atoms with Crippen LogP contribution in [0.2, 0.25) is 0 Å². The second-order valence-electron chi connectivity index (χ2n) is 7.11. The van der Waals surface area contributed by atoms with Gasteiger partial charge < -0.3 is 9.88 Å². The first-order valence-electron chi connectivity index (χ1n) is 7.89. The molecule has 1 aromatic heterocycles. The molecule has 3 nitrogen and oxygen atoms in total. The van der Waals surface area contributed by atoms with Gasteiger partial charge in [-0.05, 0) is 30.6 Å². The molecule has 1 aliphatic heterocycles. The molecule has 0 bridgehead atoms. The van der Waals surface area contributed by atoms with E-state index in [-0.39, 0.29) is 0 Å². The smallest absolute Gasteiger partial charge is 0.0948 e. The van der Waals surface area contributed by atoms with Gasteiger partial charge in [-0.3, -0.25) is 0 Å². The molecule has 0 amide bonds. The van der Waals surface area contributed by atoms with Crippen LogP contribution in [0.1, 0.15) is 57.6 Å². The highest BCUT2D eigenvalue weighted by Crippen LogP contribution is 2.45. The first-order valence-corrected chi connectivity index (χ1v) is 7.89. The number of imidazole rings is 1. The van der Waals surface area contributed by atoms with Crippen molar-refractivity contribution >= 4 is 0 Å². The predicted octanol–water partition coefficient (Wildman–Crippen LogP) is 3.18. The van der Waals surface area contributed by atoms with Crippen LogP contribution < -0.4 is 5.32 Å². The van der Waals surface area contributed by atoms with Crippen molar-refractivity contribution in [1.82, 2.24) is 14.9 Å². The molecule has 2 fully saturated rings. The summed E-state index contributed by atoms with van der Waals surface area (Å²) >= 11 is 0. The molecule has 1 aromatic rings. The van der Waals surface area contributed by atoms with Crippen LogP contribution in [0.5, 0.6) is 0 Å². The monoisotopic (exact) mass is 261 g/mol. The Bertz CT molecular complexity index is 411. The SMILES string of the molecule is CC(C)CC1(Cn2cncc2C2CNC2)CCCC1. The van der Waals surface area contributed by atoms with Gasteiger partial charge in [0.05, 0.1) is 6.33 Å². The van der Waals surface area contributed by atoms with Gasteiger partial charge in [0.1, 0.15) is 0 Å². The summed E-state index contributed by atoms with van der Waals surface area (Å²) in [6.07, 6.45) is 11.2. The van der Waals surface area contributed by atoms with Crippen LogP contribution in [0.15, 0.2) is 12.5 Å². The zero-order chi connectivity index (χ0) is 13.3. The highest BCUT2D eigenvalue weighted by molar-refractivity contribution is 5.12. The Hall–Kier alpha value is -0.830. The van der Waals surface area contributed by atoms with E-state index in [1.807, 2.05) is 0 Å². The summed E-state index contributed by atoms with van der Waals surface area (Å²) in [6, 6.07) is 0. The molecular weight excluding hydrogens is 234 g/mol. The summed E-state index contributed by atoms with van der Waals surface area (Å²) in [5.74, 6) is 1.50. The Morgan fingerprint density at radius 3 is 2.68 bits per heavy atom. The van der Waals surface area contributed by atoms with E-state index in [1.54, 1.807) is 0 Å². The Morgan fingerprint density at radius 1 is 1.37 bits per heavy atom. The number of nitrogens with zero attached hydrogens (tertiary/aromatic N) is 2. The van der Waals surface area contributed by atoms with Crippen LogP contribution in [-0.2, 0) is 6.54 Å². The van der Waals surface area contributed by atoms with Crippen molar-refractivity contribution in [1.29, 1.82) is 0 Å². The van der Waals surface area contributed by atoms with E-state index in [0.29, 0.717) is 11.3 Å². The topological polar surface area (TPSA) is 29.9 Å². The van der Waals surface area contributed by atoms with Crippen molar-refractivity contribution in [2.75, 3.05) is 13.1 Å². The van der Waals surface area contributed by atoms with Crippen LogP contribution in [0.25, 0.3) is 0 Å². The lowest BCUT2D eigenvalue weighted by Crippen LogP contribution is -2.41. The molecule has 0 aromatic carbocycles. The van der Waals surface area contributed by atoms with E-state index >= 15 is 0 Å². The Kier molecular flexibility index (Phi) is 3.66. The van der Waals surface area contributed by atoms with Gasteiger partial charge in [-0.15, -0.1) is 0 Å². The minimum atomic E-state index is 0.542. The number of aromatic nitrogens is 2. The molecule has 19 heavy (non-hydrogen) atoms. The summed E-state index contributed by atoms with van der Waals surface area (Å²) in [6.45, 7) is 8.18. The van der Waals surface area contributed by atoms with Gasteiger partial charge >= 0.3 is 0 Å². The fourth-order valence-corrected chi connectivity index (χ4v) is 4.08. The van der Waals surface area contributed by atoms with Crippen molar-refractivity contribution in [2.24, 2.45) is 11.3 Å². The average molecular weight is 261 g/mol. The maximum atomic E-state index is 4.41. The van der Waals surface area contributed by atoms with Crippen LogP contribution >= 0.6 is 0 Å². The third-order valence-corrected chi connectivity index (χ3v) is 4.96. The lowest BCUT2D eigenvalue weighted by Gasteiger charge is -2.34. The highest BCUT2D eigenvalue weighted by atomic mass is 15.1. The minimum Gasteiger partial charge on any atom is -0.334 e. The lowest BCUT2D eigenvalue weighted by atomic mass is 9.78. The number of rotatable bonds is 5. The van der Waals surface area contributed by atoms with Gasteiger partial charge in [-0.25, -0.2) is 4.98 Å². The summed E-state index contributed by atoms with van der Waals surface area (Å²) in [4.78, 5) is 4.41. The van der Waals surface area contributed by atoms with E-state index in [4.69, 9.17) is 0 Å². The molecule has 2 aliphatic rings. The molecule has 106 valence electrons. The maximum absolute atomic E-state index is 4.41. The van der Waals surface area contributed by atoms with E-state index in [2.05, 4.69) is 41.2 Å². The van der Waals surface area contributed by atoms with Crippen molar-refractivity contribution in [3.05, 3.63) is 18.2 Å². The maximum Gasteiger partial charge on any atom is 0.0948 e. The minimum absolute atomic E-state index is 0.542. The Labute approximate surface area is 116 Å². The standard InChI is InChI=1S/C16H27N3/c1-13(2)7-16(5-3-4-6-16)11-19-12-18-10-15(19)14-8-17-9-14/h10,12-14,17H,3-9,11H2,1-2H3. The molecular formula is C16H27N3. The van der Waals surface area contributed by atoms with Gasteiger partial charge in [0.15, 0.2) is 0 Å². The van der Waals surface area contributed by atoms with Crippen LogP contribution in [0.4, 0.5) is 0 Å². The largest absolute Gasteiger partial charge is 0.334 e. The average Bonchev–Trinajstić information content (AvgIpc) is 2.87. The first-order chi connectivity index (χ1) is 9.19. The molecule has 1 N–H and O–H groups in total. The molecule has 1 saturated heterocycles. The number of hydrogen-bond acceptors (Lipinski definition) is 2. The van der Waals surface area contributed by atoms with Crippen molar-refractivity contribution in [3.8, 4) is 0 Å². The van der Waals surface area contributed by atoms with Gasteiger partial charge in [-0.1, -0.05) is 26.7 Å². The molecule has 0 unspecified atom stereocenters. The predicted molar refractivity (Wildman–Crippen MR) is 78.2 cm³/mol. The number of hydrogen-bond donors (Lipinski definition) is 1. The Morgan fingerprint density at radius 2 is 2.11 bits per heavy atom. The van der Waals surface area contributed by atoms with Crippen LogP contribution in [-0.4, -0.2) is 22.6 Å². The fourth-order valence-electron chi connectivity index (χ4n) is 4.08. The second-order valence-corrected chi connectivity index (χ2v) is 7.11. The summed E-state index contributed by atoms with van der Waals surface area (Å²) < 4.78 is 2.46. The third kappa shape index (κ3) is 2.71. The molecule has 2 heterocycles. The zero-order valence-corrected chi connectivity index (χ0v) is 12.4. The van der Waals surface area contributed by atoms with Crippen LogP contribution in [0.3, 0.4) is 0 Å². The Balaban J connectivity index is 1.76. The molecule has 1 saturated carbocycles. The van der Waals surface area contributed by atoms with Gasteiger partial charge in [0, 0.05) is 37.4 Å².